The summed E-state index contributed by atoms with van der Waals surface area (Å²) in [6.07, 6.45) is 3.46. The molecule has 0 spiro atoms. The van der Waals surface area contributed by atoms with E-state index in [1.165, 1.54) is 12.0 Å². The molecule has 1 aromatic carbocycles. The highest BCUT2D eigenvalue weighted by Crippen LogP contribution is 2.21. The summed E-state index contributed by atoms with van der Waals surface area (Å²) in [7, 11) is 0. The maximum Gasteiger partial charge on any atom is 0.119 e. The molecule has 0 aromatic heterocycles. The van der Waals surface area contributed by atoms with Gasteiger partial charge < -0.3 is 10.1 Å². The molecule has 19 heavy (non-hydrogen) atoms. The third-order valence-corrected chi connectivity index (χ3v) is 3.31. The van der Waals surface area contributed by atoms with Crippen LogP contribution in [-0.2, 0) is 0 Å². The molecule has 1 rings (SSSR count). The van der Waals surface area contributed by atoms with Crippen molar-refractivity contribution in [2.24, 2.45) is 5.92 Å². The number of hydrogen-bond donors (Lipinski definition) is 1. The van der Waals surface area contributed by atoms with Crippen molar-refractivity contribution in [1.82, 2.24) is 5.32 Å². The average molecular weight is 263 g/mol. The molecule has 0 radical (unpaired) electrons. The number of benzene rings is 1. The van der Waals surface area contributed by atoms with Crippen molar-refractivity contribution in [2.75, 3.05) is 13.2 Å². The van der Waals surface area contributed by atoms with Crippen LogP contribution in [0, 0.1) is 5.92 Å². The van der Waals surface area contributed by atoms with Gasteiger partial charge in [-0.1, -0.05) is 39.8 Å². The van der Waals surface area contributed by atoms with E-state index in [0.717, 1.165) is 37.7 Å². The van der Waals surface area contributed by atoms with Gasteiger partial charge in [-0.15, -0.1) is 0 Å². The third kappa shape index (κ3) is 6.11. The van der Waals surface area contributed by atoms with E-state index in [1.807, 2.05) is 0 Å². The minimum absolute atomic E-state index is 0.434. The van der Waals surface area contributed by atoms with Crippen LogP contribution < -0.4 is 10.1 Å². The van der Waals surface area contributed by atoms with Gasteiger partial charge >= 0.3 is 0 Å². The second kappa shape index (κ2) is 8.98. The van der Waals surface area contributed by atoms with Crippen LogP contribution in [0.5, 0.6) is 5.75 Å². The molecule has 1 atom stereocenters. The highest BCUT2D eigenvalue weighted by atomic mass is 16.5. The van der Waals surface area contributed by atoms with Gasteiger partial charge in [0.25, 0.3) is 0 Å². The van der Waals surface area contributed by atoms with Gasteiger partial charge in [0.2, 0.25) is 0 Å². The van der Waals surface area contributed by atoms with E-state index in [0.29, 0.717) is 6.04 Å². The lowest BCUT2D eigenvalue weighted by atomic mass is 10.0. The molecular weight excluding hydrogens is 234 g/mol. The normalized spacial score (nSPS) is 12.7. The highest BCUT2D eigenvalue weighted by molar-refractivity contribution is 5.30. The summed E-state index contributed by atoms with van der Waals surface area (Å²) in [6, 6.07) is 8.93. The molecule has 108 valence electrons. The summed E-state index contributed by atoms with van der Waals surface area (Å²) in [6.45, 7) is 10.7. The predicted molar refractivity (Wildman–Crippen MR) is 82.7 cm³/mol. The first-order chi connectivity index (χ1) is 9.17. The van der Waals surface area contributed by atoms with Crippen molar-refractivity contribution in [3.63, 3.8) is 0 Å². The molecule has 0 aliphatic carbocycles. The Morgan fingerprint density at radius 3 is 2.63 bits per heavy atom. The van der Waals surface area contributed by atoms with Crippen LogP contribution in [0.25, 0.3) is 0 Å². The van der Waals surface area contributed by atoms with Crippen LogP contribution in [0.3, 0.4) is 0 Å². The average Bonchev–Trinajstić information content (AvgIpc) is 2.41. The van der Waals surface area contributed by atoms with Gasteiger partial charge in [-0.2, -0.15) is 0 Å². The van der Waals surface area contributed by atoms with Gasteiger partial charge in [0.15, 0.2) is 0 Å². The minimum Gasteiger partial charge on any atom is -0.494 e. The Hall–Kier alpha value is -1.02. The van der Waals surface area contributed by atoms with Crippen molar-refractivity contribution >= 4 is 0 Å². The Bertz CT molecular complexity index is 349. The molecule has 1 aromatic rings. The smallest absolute Gasteiger partial charge is 0.119 e. The van der Waals surface area contributed by atoms with E-state index < -0.39 is 0 Å². The number of ether oxygens (including phenoxy) is 1. The van der Waals surface area contributed by atoms with Crippen molar-refractivity contribution in [2.45, 2.75) is 53.0 Å². The van der Waals surface area contributed by atoms with Gasteiger partial charge in [-0.25, -0.2) is 0 Å². The second-order valence-electron chi connectivity index (χ2n) is 5.48. The van der Waals surface area contributed by atoms with Crippen molar-refractivity contribution in [1.29, 1.82) is 0 Å². The zero-order valence-corrected chi connectivity index (χ0v) is 12.9. The molecule has 0 saturated carbocycles. The molecule has 2 nitrogen and oxygen atoms in total. The van der Waals surface area contributed by atoms with Gasteiger partial charge in [-0.3, -0.25) is 0 Å². The van der Waals surface area contributed by atoms with Crippen LogP contribution in [0.2, 0.25) is 0 Å². The van der Waals surface area contributed by atoms with Gasteiger partial charge in [0.05, 0.1) is 6.61 Å². The first-order valence-corrected chi connectivity index (χ1v) is 7.63. The van der Waals surface area contributed by atoms with E-state index >= 15 is 0 Å². The fourth-order valence-corrected chi connectivity index (χ4v) is 2.25. The van der Waals surface area contributed by atoms with Crippen LogP contribution in [-0.4, -0.2) is 13.2 Å². The zero-order valence-electron chi connectivity index (χ0n) is 12.9. The molecule has 0 heterocycles. The van der Waals surface area contributed by atoms with Gasteiger partial charge in [0, 0.05) is 6.04 Å². The van der Waals surface area contributed by atoms with Crippen molar-refractivity contribution in [3.8, 4) is 5.75 Å². The SMILES string of the molecule is CCNC(CC)c1cccc(OCCCC(C)C)c1. The van der Waals surface area contributed by atoms with E-state index in [1.54, 1.807) is 0 Å². The molecule has 0 aliphatic rings. The lowest BCUT2D eigenvalue weighted by Gasteiger charge is -2.17. The lowest BCUT2D eigenvalue weighted by Crippen LogP contribution is -2.20. The molecule has 0 aliphatic heterocycles. The van der Waals surface area contributed by atoms with Crippen LogP contribution in [0.15, 0.2) is 24.3 Å². The molecule has 0 fully saturated rings. The Kier molecular flexibility index (Phi) is 7.57. The maximum atomic E-state index is 5.84. The predicted octanol–water partition coefficient (Wildman–Crippen LogP) is 4.56. The summed E-state index contributed by atoms with van der Waals surface area (Å²) in [5.41, 5.74) is 1.32. The Morgan fingerprint density at radius 2 is 2.00 bits per heavy atom. The summed E-state index contributed by atoms with van der Waals surface area (Å²) in [5.74, 6) is 1.76. The van der Waals surface area contributed by atoms with Crippen LogP contribution in [0.1, 0.15) is 58.6 Å². The topological polar surface area (TPSA) is 21.3 Å². The van der Waals surface area contributed by atoms with Gasteiger partial charge in [-0.05, 0) is 49.4 Å². The summed E-state index contributed by atoms with van der Waals surface area (Å²) in [5, 5.41) is 3.50. The molecular formula is C17H29NO. The number of rotatable bonds is 9. The van der Waals surface area contributed by atoms with Crippen LogP contribution >= 0.6 is 0 Å². The second-order valence-corrected chi connectivity index (χ2v) is 5.48. The fourth-order valence-electron chi connectivity index (χ4n) is 2.25. The first kappa shape index (κ1) is 16.0. The third-order valence-electron chi connectivity index (χ3n) is 3.31. The number of nitrogens with one attached hydrogen (secondary N) is 1. The van der Waals surface area contributed by atoms with Gasteiger partial charge in [0.1, 0.15) is 5.75 Å². The summed E-state index contributed by atoms with van der Waals surface area (Å²) in [4.78, 5) is 0. The van der Waals surface area contributed by atoms with E-state index in [-0.39, 0.29) is 0 Å². The van der Waals surface area contributed by atoms with Crippen molar-refractivity contribution < 1.29 is 4.74 Å². The number of hydrogen-bond acceptors (Lipinski definition) is 2. The Labute approximate surface area is 118 Å². The van der Waals surface area contributed by atoms with Crippen LogP contribution in [0.4, 0.5) is 0 Å². The summed E-state index contributed by atoms with van der Waals surface area (Å²) >= 11 is 0. The molecule has 1 unspecified atom stereocenters. The Morgan fingerprint density at radius 1 is 1.21 bits per heavy atom. The molecule has 2 heteroatoms. The van der Waals surface area contributed by atoms with Crippen molar-refractivity contribution in [3.05, 3.63) is 29.8 Å². The van der Waals surface area contributed by atoms with E-state index in [2.05, 4.69) is 57.3 Å². The zero-order chi connectivity index (χ0) is 14.1. The minimum atomic E-state index is 0.434. The largest absolute Gasteiger partial charge is 0.494 e. The standard InChI is InChI=1S/C17H29NO/c1-5-17(18-6-2)15-10-7-11-16(13-15)19-12-8-9-14(3)4/h7,10-11,13-14,17-18H,5-6,8-9,12H2,1-4H3. The molecule has 0 amide bonds. The summed E-state index contributed by atoms with van der Waals surface area (Å²) < 4.78 is 5.84. The van der Waals surface area contributed by atoms with E-state index in [9.17, 15) is 0 Å². The lowest BCUT2D eigenvalue weighted by molar-refractivity contribution is 0.297. The quantitative estimate of drug-likeness (QED) is 0.659. The highest BCUT2D eigenvalue weighted by Gasteiger charge is 2.08. The monoisotopic (exact) mass is 263 g/mol. The first-order valence-electron chi connectivity index (χ1n) is 7.63. The maximum absolute atomic E-state index is 5.84. The molecule has 0 saturated heterocycles. The Balaban J connectivity index is 2.51. The molecule has 0 bridgehead atoms. The fraction of sp³-hybridized carbons (Fsp3) is 0.647. The molecule has 1 N–H and O–H groups in total. The van der Waals surface area contributed by atoms with E-state index in [4.69, 9.17) is 4.74 Å².